The van der Waals surface area contributed by atoms with Crippen LogP contribution in [0.2, 0.25) is 0 Å². The largest absolute Gasteiger partial charge is 0.282 e. The second-order valence-corrected chi connectivity index (χ2v) is 15.3. The van der Waals surface area contributed by atoms with Gasteiger partial charge < -0.3 is 0 Å². The highest BCUT2D eigenvalue weighted by Crippen LogP contribution is 2.50. The summed E-state index contributed by atoms with van der Waals surface area (Å²) in [7, 11) is 0. The van der Waals surface area contributed by atoms with Gasteiger partial charge in [0.05, 0.1) is 17.1 Å². The Bertz CT molecular complexity index is 2610. The summed E-state index contributed by atoms with van der Waals surface area (Å²) >= 11 is 0. The molecule has 260 valence electrons. The maximum atomic E-state index is 9.43. The van der Waals surface area contributed by atoms with E-state index < -0.39 is 0 Å². The van der Waals surface area contributed by atoms with Gasteiger partial charge in [-0.05, 0) is 111 Å². The minimum atomic E-state index is -0.105. The van der Waals surface area contributed by atoms with Gasteiger partial charge in [0, 0.05) is 45.5 Å². The SMILES string of the molecule is CC1(C)c2ccccc2-c2cc(C(=N)N=C(/C=C/c3cc(-c4ccccn4)cc(-c4ccccn4)c3)c3ccc4c(c3)-c3ccccc3C4(C)C)ccc21. The van der Waals surface area contributed by atoms with E-state index in [1.807, 2.05) is 54.9 Å². The monoisotopic (exact) mass is 696 g/mol. The average molecular weight is 697 g/mol. The maximum absolute atomic E-state index is 9.43. The number of rotatable bonds is 6. The van der Waals surface area contributed by atoms with Crippen molar-refractivity contribution in [3.8, 4) is 44.8 Å². The van der Waals surface area contributed by atoms with Crippen molar-refractivity contribution in [2.24, 2.45) is 4.99 Å². The minimum absolute atomic E-state index is 0.101. The molecule has 0 fully saturated rings. The Morgan fingerprint density at radius 2 is 1.00 bits per heavy atom. The van der Waals surface area contributed by atoms with E-state index in [0.29, 0.717) is 5.71 Å². The number of nitrogens with zero attached hydrogens (tertiary/aromatic N) is 3. The molecule has 4 nitrogen and oxygen atoms in total. The fourth-order valence-corrected chi connectivity index (χ4v) is 8.42. The number of allylic oxidation sites excluding steroid dienone is 1. The number of hydrogen-bond donors (Lipinski definition) is 1. The summed E-state index contributed by atoms with van der Waals surface area (Å²) < 4.78 is 0. The number of benzene rings is 5. The number of hydrogen-bond acceptors (Lipinski definition) is 3. The van der Waals surface area contributed by atoms with Crippen molar-refractivity contribution in [1.82, 2.24) is 9.97 Å². The van der Waals surface area contributed by atoms with Gasteiger partial charge in [-0.25, -0.2) is 4.99 Å². The molecule has 0 spiro atoms. The van der Waals surface area contributed by atoms with E-state index in [2.05, 4.69) is 147 Å². The standard InChI is InChI=1S/C50H40N4/c1-49(2)41-15-7-5-13-37(41)39-30-33(20-22-43(39)49)47(54-48(51)34-21-23-44-40(31-34)38-14-6-8-16-42(38)50(44,3)4)24-19-32-27-35(45-17-9-11-25-52-45)29-36(28-32)46-18-10-12-26-53-46/h5-31,51H,1-4H3/b24-19+,51-48?,54-47?. The van der Waals surface area contributed by atoms with Crippen LogP contribution < -0.4 is 0 Å². The van der Waals surface area contributed by atoms with Gasteiger partial charge in [0.2, 0.25) is 0 Å². The molecular weight excluding hydrogens is 657 g/mol. The van der Waals surface area contributed by atoms with Crippen LogP contribution in [0.5, 0.6) is 0 Å². The zero-order valence-electron chi connectivity index (χ0n) is 30.9. The van der Waals surface area contributed by atoms with Gasteiger partial charge in [-0.15, -0.1) is 0 Å². The fourth-order valence-electron chi connectivity index (χ4n) is 8.42. The molecule has 2 aliphatic rings. The highest BCUT2D eigenvalue weighted by molar-refractivity contribution is 6.18. The van der Waals surface area contributed by atoms with Gasteiger partial charge in [-0.2, -0.15) is 0 Å². The Balaban J connectivity index is 1.17. The lowest BCUT2D eigenvalue weighted by Crippen LogP contribution is -2.15. The lowest BCUT2D eigenvalue weighted by atomic mass is 9.82. The van der Waals surface area contributed by atoms with Gasteiger partial charge in [0.15, 0.2) is 5.84 Å². The molecule has 4 heteroatoms. The third-order valence-corrected chi connectivity index (χ3v) is 11.3. The smallest absolute Gasteiger partial charge is 0.152 e. The van der Waals surface area contributed by atoms with Crippen LogP contribution in [0.15, 0.2) is 163 Å². The highest BCUT2D eigenvalue weighted by Gasteiger charge is 2.36. The Hall–Kier alpha value is -6.52. The molecule has 9 rings (SSSR count). The molecule has 0 bridgehead atoms. The molecule has 2 heterocycles. The summed E-state index contributed by atoms with van der Waals surface area (Å²) in [6.45, 7) is 9.14. The Kier molecular flexibility index (Phi) is 7.93. The van der Waals surface area contributed by atoms with Crippen molar-refractivity contribution in [1.29, 1.82) is 5.41 Å². The molecule has 7 aromatic rings. The molecule has 1 N–H and O–H groups in total. The topological polar surface area (TPSA) is 62.0 Å². The molecule has 2 aromatic heterocycles. The Morgan fingerprint density at radius 3 is 1.54 bits per heavy atom. The third-order valence-electron chi connectivity index (χ3n) is 11.3. The number of amidine groups is 1. The normalized spacial score (nSPS) is 14.7. The van der Waals surface area contributed by atoms with Crippen molar-refractivity contribution >= 4 is 17.6 Å². The number of nitrogens with one attached hydrogen (secondary N) is 1. The van der Waals surface area contributed by atoms with Crippen LogP contribution in [0, 0.1) is 5.41 Å². The van der Waals surface area contributed by atoms with Crippen LogP contribution in [-0.4, -0.2) is 21.5 Å². The molecule has 0 saturated heterocycles. The molecule has 2 aliphatic carbocycles. The van der Waals surface area contributed by atoms with Crippen molar-refractivity contribution in [2.45, 2.75) is 38.5 Å². The van der Waals surface area contributed by atoms with E-state index in [1.165, 1.54) is 44.5 Å². The summed E-state index contributed by atoms with van der Waals surface area (Å²) in [5, 5.41) is 9.43. The van der Waals surface area contributed by atoms with Gasteiger partial charge in [0.1, 0.15) is 0 Å². The average Bonchev–Trinajstić information content (AvgIpc) is 3.59. The molecule has 5 aromatic carbocycles. The lowest BCUT2D eigenvalue weighted by molar-refractivity contribution is 0.660. The predicted octanol–water partition coefficient (Wildman–Crippen LogP) is 12.0. The fraction of sp³-hybridized carbons (Fsp3) is 0.120. The van der Waals surface area contributed by atoms with Crippen LogP contribution >= 0.6 is 0 Å². The molecule has 0 atom stereocenters. The zero-order chi connectivity index (χ0) is 37.0. The van der Waals surface area contributed by atoms with Crippen LogP contribution in [0.3, 0.4) is 0 Å². The number of fused-ring (bicyclic) bond motifs is 6. The van der Waals surface area contributed by atoms with Crippen LogP contribution in [-0.2, 0) is 10.8 Å². The van der Waals surface area contributed by atoms with E-state index in [0.717, 1.165) is 39.2 Å². The molecule has 54 heavy (non-hydrogen) atoms. The molecule has 0 unspecified atom stereocenters. The van der Waals surface area contributed by atoms with E-state index in [9.17, 15) is 5.41 Å². The molecule has 0 aliphatic heterocycles. The summed E-state index contributed by atoms with van der Waals surface area (Å²) in [5.74, 6) is 0.220. The second-order valence-electron chi connectivity index (χ2n) is 15.3. The van der Waals surface area contributed by atoms with Gasteiger partial charge >= 0.3 is 0 Å². The van der Waals surface area contributed by atoms with Crippen molar-refractivity contribution in [3.63, 3.8) is 0 Å². The molecule has 0 amide bonds. The van der Waals surface area contributed by atoms with E-state index >= 15 is 0 Å². The summed E-state index contributed by atoms with van der Waals surface area (Å²) in [6, 6.07) is 48.7. The predicted molar refractivity (Wildman–Crippen MR) is 223 cm³/mol. The molecular formula is C50H40N4. The summed E-state index contributed by atoms with van der Waals surface area (Å²) in [6.07, 6.45) is 7.78. The van der Waals surface area contributed by atoms with Gasteiger partial charge in [-0.1, -0.05) is 119 Å². The number of aliphatic imine (C=N–C) groups is 1. The summed E-state index contributed by atoms with van der Waals surface area (Å²) in [5.41, 5.74) is 17.1. The highest BCUT2D eigenvalue weighted by atomic mass is 14.8. The van der Waals surface area contributed by atoms with Crippen LogP contribution in [0.1, 0.15) is 66.6 Å². The van der Waals surface area contributed by atoms with Crippen molar-refractivity contribution in [2.75, 3.05) is 0 Å². The van der Waals surface area contributed by atoms with Gasteiger partial charge in [-0.3, -0.25) is 15.4 Å². The third kappa shape index (κ3) is 5.62. The Morgan fingerprint density at radius 1 is 0.519 bits per heavy atom. The first-order valence-electron chi connectivity index (χ1n) is 18.5. The first-order chi connectivity index (χ1) is 26.2. The van der Waals surface area contributed by atoms with Crippen LogP contribution in [0.25, 0.3) is 50.8 Å². The second kappa shape index (κ2) is 12.9. The minimum Gasteiger partial charge on any atom is -0.282 e. The molecule has 0 radical (unpaired) electrons. The van der Waals surface area contributed by atoms with Crippen molar-refractivity contribution in [3.05, 3.63) is 197 Å². The quantitative estimate of drug-likeness (QED) is 0.139. The van der Waals surface area contributed by atoms with E-state index in [1.54, 1.807) is 0 Å². The summed E-state index contributed by atoms with van der Waals surface area (Å²) in [4.78, 5) is 14.4. The van der Waals surface area contributed by atoms with E-state index in [-0.39, 0.29) is 16.7 Å². The van der Waals surface area contributed by atoms with Gasteiger partial charge in [0.25, 0.3) is 0 Å². The zero-order valence-corrected chi connectivity index (χ0v) is 30.9. The number of pyridine rings is 2. The van der Waals surface area contributed by atoms with Crippen LogP contribution in [0.4, 0.5) is 0 Å². The maximum Gasteiger partial charge on any atom is 0.152 e. The first kappa shape index (κ1) is 33.3. The lowest BCUT2D eigenvalue weighted by Gasteiger charge is -2.21. The number of aromatic nitrogens is 2. The Labute approximate surface area is 317 Å². The molecule has 0 saturated carbocycles. The van der Waals surface area contributed by atoms with Crippen molar-refractivity contribution < 1.29 is 0 Å². The van der Waals surface area contributed by atoms with E-state index in [4.69, 9.17) is 4.99 Å². The first-order valence-corrected chi connectivity index (χ1v) is 18.5.